The van der Waals surface area contributed by atoms with Crippen molar-refractivity contribution in [2.24, 2.45) is 16.8 Å². The minimum Gasteiger partial charge on any atom is -0.381 e. The van der Waals surface area contributed by atoms with Crippen LogP contribution in [-0.2, 0) is 9.53 Å². The Hall–Kier alpha value is -0.570. The van der Waals surface area contributed by atoms with E-state index in [-0.39, 0.29) is 36.4 Å². The smallest absolute Gasteiger partial charge is 0.243 e. The zero-order valence-corrected chi connectivity index (χ0v) is 17.2. The summed E-state index contributed by atoms with van der Waals surface area (Å²) in [5, 5.41) is 3.53. The van der Waals surface area contributed by atoms with E-state index in [4.69, 9.17) is 4.74 Å². The Kier molecular flexibility index (Phi) is 7.59. The SMILES string of the molecule is CN(C)C(=O)CN=C(NC1CC1)N1CCC(C2CCOCC2)C1.I. The van der Waals surface area contributed by atoms with Gasteiger partial charge < -0.3 is 19.9 Å². The largest absolute Gasteiger partial charge is 0.381 e. The summed E-state index contributed by atoms with van der Waals surface area (Å²) in [6.07, 6.45) is 6.06. The summed E-state index contributed by atoms with van der Waals surface area (Å²) in [6.45, 7) is 4.19. The van der Waals surface area contributed by atoms with Crippen molar-refractivity contribution in [2.75, 3.05) is 46.9 Å². The molecule has 1 atom stereocenters. The van der Waals surface area contributed by atoms with E-state index in [9.17, 15) is 4.79 Å². The molecule has 138 valence electrons. The summed E-state index contributed by atoms with van der Waals surface area (Å²) in [5.41, 5.74) is 0. The van der Waals surface area contributed by atoms with Gasteiger partial charge in [-0.05, 0) is 43.9 Å². The molecule has 6 nitrogen and oxygen atoms in total. The van der Waals surface area contributed by atoms with E-state index in [0.29, 0.717) is 6.04 Å². The minimum atomic E-state index is 0. The summed E-state index contributed by atoms with van der Waals surface area (Å²) in [6, 6.07) is 0.560. The highest BCUT2D eigenvalue weighted by Crippen LogP contribution is 2.31. The van der Waals surface area contributed by atoms with Gasteiger partial charge in [0.1, 0.15) is 6.54 Å². The highest BCUT2D eigenvalue weighted by atomic mass is 127. The first-order chi connectivity index (χ1) is 11.1. The molecule has 2 saturated heterocycles. The number of likely N-dealkylation sites (N-methyl/N-ethyl adjacent to an activating group) is 1. The highest BCUT2D eigenvalue weighted by Gasteiger charge is 2.33. The van der Waals surface area contributed by atoms with Gasteiger partial charge in [0.2, 0.25) is 5.91 Å². The van der Waals surface area contributed by atoms with Gasteiger partial charge in [0.15, 0.2) is 5.96 Å². The minimum absolute atomic E-state index is 0. The molecule has 0 aromatic rings. The fourth-order valence-corrected chi connectivity index (χ4v) is 3.48. The molecule has 7 heteroatoms. The number of rotatable bonds is 4. The number of ether oxygens (including phenoxy) is 1. The third kappa shape index (κ3) is 5.47. The molecule has 3 aliphatic rings. The fourth-order valence-electron chi connectivity index (χ4n) is 3.48. The van der Waals surface area contributed by atoms with Gasteiger partial charge in [0, 0.05) is 46.4 Å². The first-order valence-corrected chi connectivity index (χ1v) is 8.97. The number of carbonyl (C=O) groups excluding carboxylic acids is 1. The Morgan fingerprint density at radius 1 is 1.17 bits per heavy atom. The van der Waals surface area contributed by atoms with Gasteiger partial charge in [0.05, 0.1) is 0 Å². The maximum Gasteiger partial charge on any atom is 0.243 e. The molecule has 1 unspecified atom stereocenters. The molecular weight excluding hydrogens is 419 g/mol. The Morgan fingerprint density at radius 3 is 2.50 bits per heavy atom. The second-order valence-electron chi connectivity index (χ2n) is 7.29. The molecule has 2 heterocycles. The quantitative estimate of drug-likeness (QED) is 0.401. The molecule has 0 spiro atoms. The third-order valence-electron chi connectivity index (χ3n) is 5.23. The molecule has 3 fully saturated rings. The number of carbonyl (C=O) groups is 1. The number of nitrogens with one attached hydrogen (secondary N) is 1. The van der Waals surface area contributed by atoms with Crippen LogP contribution >= 0.6 is 24.0 Å². The van der Waals surface area contributed by atoms with Crippen molar-refractivity contribution in [3.8, 4) is 0 Å². The molecule has 0 aromatic carbocycles. The molecule has 1 saturated carbocycles. The Balaban J connectivity index is 0.00000208. The lowest BCUT2D eigenvalue weighted by Gasteiger charge is -2.28. The first-order valence-electron chi connectivity index (χ1n) is 8.97. The monoisotopic (exact) mass is 450 g/mol. The number of guanidine groups is 1. The average molecular weight is 450 g/mol. The van der Waals surface area contributed by atoms with Crippen molar-refractivity contribution in [3.63, 3.8) is 0 Å². The molecule has 0 bridgehead atoms. The van der Waals surface area contributed by atoms with Gasteiger partial charge in [-0.1, -0.05) is 0 Å². The molecule has 2 aliphatic heterocycles. The van der Waals surface area contributed by atoms with Crippen LogP contribution < -0.4 is 5.32 Å². The number of hydrogen-bond donors (Lipinski definition) is 1. The van der Waals surface area contributed by atoms with E-state index < -0.39 is 0 Å². The van der Waals surface area contributed by atoms with Crippen LogP contribution in [0.3, 0.4) is 0 Å². The number of halogens is 1. The summed E-state index contributed by atoms with van der Waals surface area (Å²) in [7, 11) is 3.56. The number of amides is 1. The van der Waals surface area contributed by atoms with Gasteiger partial charge in [-0.25, -0.2) is 4.99 Å². The Morgan fingerprint density at radius 2 is 1.88 bits per heavy atom. The molecule has 0 aromatic heterocycles. The lowest BCUT2D eigenvalue weighted by atomic mass is 9.85. The third-order valence-corrected chi connectivity index (χ3v) is 5.23. The van der Waals surface area contributed by atoms with Gasteiger partial charge in [-0.15, -0.1) is 24.0 Å². The van der Waals surface area contributed by atoms with Crippen molar-refractivity contribution in [3.05, 3.63) is 0 Å². The summed E-state index contributed by atoms with van der Waals surface area (Å²) in [4.78, 5) is 20.4. The number of aliphatic imine (C=N–C) groups is 1. The van der Waals surface area contributed by atoms with E-state index in [2.05, 4.69) is 15.2 Å². The fraction of sp³-hybridized carbons (Fsp3) is 0.882. The lowest BCUT2D eigenvalue weighted by Crippen LogP contribution is -2.42. The van der Waals surface area contributed by atoms with Crippen molar-refractivity contribution in [1.82, 2.24) is 15.1 Å². The van der Waals surface area contributed by atoms with E-state index in [1.54, 1.807) is 19.0 Å². The van der Waals surface area contributed by atoms with Crippen LogP contribution in [0.2, 0.25) is 0 Å². The zero-order chi connectivity index (χ0) is 16.2. The van der Waals surface area contributed by atoms with Gasteiger partial charge in [-0.2, -0.15) is 0 Å². The molecule has 0 radical (unpaired) electrons. The predicted octanol–water partition coefficient (Wildman–Crippen LogP) is 1.55. The second-order valence-corrected chi connectivity index (χ2v) is 7.29. The van der Waals surface area contributed by atoms with Gasteiger partial charge >= 0.3 is 0 Å². The highest BCUT2D eigenvalue weighted by molar-refractivity contribution is 14.0. The van der Waals surface area contributed by atoms with E-state index in [0.717, 1.165) is 44.1 Å². The van der Waals surface area contributed by atoms with Crippen LogP contribution in [0, 0.1) is 11.8 Å². The maximum absolute atomic E-state index is 11.8. The van der Waals surface area contributed by atoms with E-state index >= 15 is 0 Å². The van der Waals surface area contributed by atoms with Crippen LogP contribution in [0.25, 0.3) is 0 Å². The Bertz CT molecular complexity index is 448. The van der Waals surface area contributed by atoms with E-state index in [1.165, 1.54) is 32.1 Å². The van der Waals surface area contributed by atoms with Crippen LogP contribution in [0.1, 0.15) is 32.1 Å². The molecule has 3 rings (SSSR count). The summed E-state index contributed by atoms with van der Waals surface area (Å²) in [5.74, 6) is 2.53. The normalized spacial score (nSPS) is 25.3. The van der Waals surface area contributed by atoms with Crippen molar-refractivity contribution in [2.45, 2.75) is 38.1 Å². The number of nitrogens with zero attached hydrogens (tertiary/aromatic N) is 3. The van der Waals surface area contributed by atoms with Gasteiger partial charge in [-0.3, -0.25) is 4.79 Å². The zero-order valence-electron chi connectivity index (χ0n) is 14.9. The maximum atomic E-state index is 11.8. The standard InChI is InChI=1S/C17H30N4O2.HI/c1-20(2)16(22)11-18-17(19-15-3-4-15)21-8-5-14(12-21)13-6-9-23-10-7-13;/h13-15H,3-12H2,1-2H3,(H,18,19);1H. The molecule has 1 aliphatic carbocycles. The van der Waals surface area contributed by atoms with E-state index in [1.807, 2.05) is 0 Å². The van der Waals surface area contributed by atoms with Crippen LogP contribution in [-0.4, -0.2) is 74.7 Å². The van der Waals surface area contributed by atoms with Crippen molar-refractivity contribution >= 4 is 35.8 Å². The lowest BCUT2D eigenvalue weighted by molar-refractivity contribution is -0.127. The number of likely N-dealkylation sites (tertiary alicyclic amines) is 1. The summed E-state index contributed by atoms with van der Waals surface area (Å²) >= 11 is 0. The van der Waals surface area contributed by atoms with Crippen LogP contribution in [0.4, 0.5) is 0 Å². The average Bonchev–Trinajstić information content (AvgIpc) is 3.25. The number of hydrogen-bond acceptors (Lipinski definition) is 3. The predicted molar refractivity (Wildman–Crippen MR) is 106 cm³/mol. The van der Waals surface area contributed by atoms with Crippen LogP contribution in [0.15, 0.2) is 4.99 Å². The topological polar surface area (TPSA) is 57.2 Å². The van der Waals surface area contributed by atoms with Crippen LogP contribution in [0.5, 0.6) is 0 Å². The summed E-state index contributed by atoms with van der Waals surface area (Å²) < 4.78 is 5.49. The molecule has 1 amide bonds. The molecule has 1 N–H and O–H groups in total. The van der Waals surface area contributed by atoms with Gasteiger partial charge in [0.25, 0.3) is 0 Å². The Labute approximate surface area is 162 Å². The van der Waals surface area contributed by atoms with Crippen molar-refractivity contribution in [1.29, 1.82) is 0 Å². The molecule has 24 heavy (non-hydrogen) atoms. The first kappa shape index (κ1) is 19.8. The van der Waals surface area contributed by atoms with Crippen molar-refractivity contribution < 1.29 is 9.53 Å². The molecular formula is C17H31IN4O2. The second kappa shape index (κ2) is 9.22.